The number of fused-ring (bicyclic) bond motifs is 2. The number of methoxy groups -OCH3 is 2. The molecular formula is C28H30N4O5. The van der Waals surface area contributed by atoms with Crippen molar-refractivity contribution in [1.29, 1.82) is 0 Å². The van der Waals surface area contributed by atoms with Crippen molar-refractivity contribution in [3.8, 4) is 17.2 Å². The van der Waals surface area contributed by atoms with E-state index in [1.807, 2.05) is 36.4 Å². The standard InChI is InChI=1S/C28H30N4O5/c1-35-23-7-5-6-19-24(36-2)17-21(29-25(19)23)27(34)32-14-10-28(11-15-32)30-26(33)20-16-18(8-9-22(20)37-28)31-12-3-4-13-31/h5-9,16-17H,3-4,10-15H2,1-2H3,(H,30,33). The van der Waals surface area contributed by atoms with Gasteiger partial charge in [-0.1, -0.05) is 6.07 Å². The van der Waals surface area contributed by atoms with Gasteiger partial charge in [-0.2, -0.15) is 0 Å². The molecule has 2 amide bonds. The van der Waals surface area contributed by atoms with Crippen molar-refractivity contribution in [1.82, 2.24) is 15.2 Å². The first-order chi connectivity index (χ1) is 18.0. The van der Waals surface area contributed by atoms with E-state index in [1.54, 1.807) is 25.2 Å². The van der Waals surface area contributed by atoms with Crippen molar-refractivity contribution in [3.05, 3.63) is 53.7 Å². The Labute approximate surface area is 215 Å². The van der Waals surface area contributed by atoms with Crippen LogP contribution in [0.3, 0.4) is 0 Å². The number of rotatable bonds is 4. The molecule has 37 heavy (non-hydrogen) atoms. The van der Waals surface area contributed by atoms with Gasteiger partial charge in [-0.25, -0.2) is 4.98 Å². The van der Waals surface area contributed by atoms with Crippen LogP contribution in [0.15, 0.2) is 42.5 Å². The zero-order chi connectivity index (χ0) is 25.6. The first-order valence-corrected chi connectivity index (χ1v) is 12.7. The fourth-order valence-electron chi connectivity index (χ4n) is 5.56. The smallest absolute Gasteiger partial charge is 0.272 e. The number of ether oxygens (including phenoxy) is 3. The van der Waals surface area contributed by atoms with Gasteiger partial charge in [0.25, 0.3) is 11.8 Å². The average Bonchev–Trinajstić information content (AvgIpc) is 3.47. The number of carbonyl (C=O) groups is 2. The van der Waals surface area contributed by atoms with Crippen LogP contribution in [0.1, 0.15) is 46.5 Å². The molecule has 0 bridgehead atoms. The predicted octanol–water partition coefficient (Wildman–Crippen LogP) is 3.61. The minimum absolute atomic E-state index is 0.130. The molecule has 0 atom stereocenters. The quantitative estimate of drug-likeness (QED) is 0.583. The lowest BCUT2D eigenvalue weighted by Gasteiger charge is -2.44. The second kappa shape index (κ2) is 9.14. The number of benzene rings is 2. The Morgan fingerprint density at radius 3 is 2.49 bits per heavy atom. The predicted molar refractivity (Wildman–Crippen MR) is 139 cm³/mol. The molecule has 0 unspecified atom stereocenters. The van der Waals surface area contributed by atoms with Gasteiger partial charge in [-0.3, -0.25) is 9.59 Å². The molecule has 0 aliphatic carbocycles. The van der Waals surface area contributed by atoms with E-state index >= 15 is 0 Å². The van der Waals surface area contributed by atoms with E-state index < -0.39 is 5.72 Å². The Balaban J connectivity index is 1.20. The largest absolute Gasteiger partial charge is 0.496 e. The number of pyridine rings is 1. The van der Waals surface area contributed by atoms with E-state index in [2.05, 4.69) is 15.2 Å². The molecule has 3 aliphatic heterocycles. The van der Waals surface area contributed by atoms with Crippen molar-refractivity contribution in [3.63, 3.8) is 0 Å². The number of aromatic nitrogens is 1. The highest BCUT2D eigenvalue weighted by atomic mass is 16.5. The maximum absolute atomic E-state index is 13.4. The molecule has 2 saturated heterocycles. The molecule has 6 rings (SSSR count). The third-order valence-corrected chi connectivity index (χ3v) is 7.61. The van der Waals surface area contributed by atoms with E-state index in [0.717, 1.165) is 24.2 Å². The molecule has 1 aromatic heterocycles. The molecule has 1 N–H and O–H groups in total. The molecule has 3 aromatic rings. The van der Waals surface area contributed by atoms with Crippen molar-refractivity contribution in [2.45, 2.75) is 31.4 Å². The number of piperidine rings is 1. The Bertz CT molecular complexity index is 1380. The van der Waals surface area contributed by atoms with E-state index in [4.69, 9.17) is 14.2 Å². The normalized spacial score (nSPS) is 18.4. The summed E-state index contributed by atoms with van der Waals surface area (Å²) in [5.74, 6) is 1.41. The minimum atomic E-state index is -0.826. The van der Waals surface area contributed by atoms with Crippen molar-refractivity contribution < 1.29 is 23.8 Å². The van der Waals surface area contributed by atoms with Crippen LogP contribution in [0, 0.1) is 0 Å². The van der Waals surface area contributed by atoms with E-state index in [0.29, 0.717) is 54.3 Å². The summed E-state index contributed by atoms with van der Waals surface area (Å²) in [4.78, 5) is 35.2. The highest BCUT2D eigenvalue weighted by Gasteiger charge is 2.43. The molecule has 0 radical (unpaired) electrons. The number of anilines is 1. The lowest BCUT2D eigenvalue weighted by molar-refractivity contribution is -0.0246. The maximum Gasteiger partial charge on any atom is 0.272 e. The third kappa shape index (κ3) is 4.08. The Hall–Kier alpha value is -4.01. The van der Waals surface area contributed by atoms with Gasteiger partial charge in [0, 0.05) is 56.2 Å². The summed E-state index contributed by atoms with van der Waals surface area (Å²) in [7, 11) is 3.15. The number of hydrogen-bond donors (Lipinski definition) is 1. The Morgan fingerprint density at radius 1 is 1.00 bits per heavy atom. The summed E-state index contributed by atoms with van der Waals surface area (Å²) in [6.45, 7) is 2.88. The average molecular weight is 503 g/mol. The molecule has 0 saturated carbocycles. The summed E-state index contributed by atoms with van der Waals surface area (Å²) in [6, 6.07) is 13.1. The lowest BCUT2D eigenvalue weighted by Crippen LogP contribution is -2.61. The van der Waals surface area contributed by atoms with Gasteiger partial charge in [0.15, 0.2) is 5.72 Å². The van der Waals surface area contributed by atoms with Gasteiger partial charge in [0.2, 0.25) is 0 Å². The van der Waals surface area contributed by atoms with Gasteiger partial charge in [0.05, 0.1) is 19.8 Å². The summed E-state index contributed by atoms with van der Waals surface area (Å²) in [5, 5.41) is 3.87. The van der Waals surface area contributed by atoms with Gasteiger partial charge in [-0.05, 0) is 43.2 Å². The fourth-order valence-corrected chi connectivity index (χ4v) is 5.56. The second-order valence-corrected chi connectivity index (χ2v) is 9.78. The first-order valence-electron chi connectivity index (χ1n) is 12.7. The van der Waals surface area contributed by atoms with E-state index in [-0.39, 0.29) is 17.5 Å². The van der Waals surface area contributed by atoms with Crippen LogP contribution < -0.4 is 24.4 Å². The SMILES string of the molecule is COc1cc(C(=O)N2CCC3(CC2)NC(=O)c2cc(N4CCCC4)ccc2O3)nc2c(OC)cccc12. The second-order valence-electron chi connectivity index (χ2n) is 9.78. The van der Waals surface area contributed by atoms with Gasteiger partial charge in [0.1, 0.15) is 28.5 Å². The van der Waals surface area contributed by atoms with Crippen LogP contribution >= 0.6 is 0 Å². The molecule has 4 heterocycles. The van der Waals surface area contributed by atoms with Crippen LogP contribution in [-0.4, -0.2) is 67.8 Å². The summed E-state index contributed by atoms with van der Waals surface area (Å²) < 4.78 is 17.4. The van der Waals surface area contributed by atoms with Gasteiger partial charge in [-0.15, -0.1) is 0 Å². The monoisotopic (exact) mass is 502 g/mol. The van der Waals surface area contributed by atoms with Crippen molar-refractivity contribution >= 4 is 28.4 Å². The van der Waals surface area contributed by atoms with Gasteiger partial charge >= 0.3 is 0 Å². The molecule has 9 nitrogen and oxygen atoms in total. The molecule has 1 spiro atoms. The Kier molecular flexibility index (Phi) is 5.78. The minimum Gasteiger partial charge on any atom is -0.496 e. The Morgan fingerprint density at radius 2 is 1.76 bits per heavy atom. The highest BCUT2D eigenvalue weighted by Crippen LogP contribution is 2.37. The van der Waals surface area contributed by atoms with Gasteiger partial charge < -0.3 is 29.3 Å². The first kappa shape index (κ1) is 23.4. The summed E-state index contributed by atoms with van der Waals surface area (Å²) in [5.41, 5.74) is 1.66. The van der Waals surface area contributed by atoms with Crippen molar-refractivity contribution in [2.24, 2.45) is 0 Å². The lowest BCUT2D eigenvalue weighted by atomic mass is 9.96. The zero-order valence-corrected chi connectivity index (χ0v) is 21.1. The van der Waals surface area contributed by atoms with Crippen molar-refractivity contribution in [2.75, 3.05) is 45.3 Å². The topological polar surface area (TPSA) is 93.2 Å². The fraction of sp³-hybridized carbons (Fsp3) is 0.393. The molecule has 192 valence electrons. The number of nitrogens with zero attached hydrogens (tertiary/aromatic N) is 3. The van der Waals surface area contributed by atoms with Crippen LogP contribution in [0.5, 0.6) is 17.2 Å². The molecule has 3 aliphatic rings. The number of para-hydroxylation sites is 1. The number of likely N-dealkylation sites (tertiary alicyclic amines) is 1. The maximum atomic E-state index is 13.4. The highest BCUT2D eigenvalue weighted by molar-refractivity contribution is 6.00. The van der Waals surface area contributed by atoms with E-state index in [1.165, 1.54) is 12.8 Å². The molecular weight excluding hydrogens is 472 g/mol. The van der Waals surface area contributed by atoms with Crippen LogP contribution in [0.2, 0.25) is 0 Å². The van der Waals surface area contributed by atoms with E-state index in [9.17, 15) is 9.59 Å². The zero-order valence-electron chi connectivity index (χ0n) is 21.1. The number of nitrogens with one attached hydrogen (secondary N) is 1. The number of hydrogen-bond acceptors (Lipinski definition) is 7. The summed E-state index contributed by atoms with van der Waals surface area (Å²) in [6.07, 6.45) is 3.30. The van der Waals surface area contributed by atoms with Crippen LogP contribution in [0.4, 0.5) is 5.69 Å². The summed E-state index contributed by atoms with van der Waals surface area (Å²) >= 11 is 0. The number of amides is 2. The molecule has 2 aromatic carbocycles. The molecule has 2 fully saturated rings. The number of carbonyl (C=O) groups excluding carboxylic acids is 2. The van der Waals surface area contributed by atoms with Crippen LogP contribution in [0.25, 0.3) is 10.9 Å². The van der Waals surface area contributed by atoms with Crippen LogP contribution in [-0.2, 0) is 0 Å². The molecule has 9 heteroatoms. The third-order valence-electron chi connectivity index (χ3n) is 7.61.